The summed E-state index contributed by atoms with van der Waals surface area (Å²) in [7, 11) is 0. The second-order valence-electron chi connectivity index (χ2n) is 10.9. The maximum absolute atomic E-state index is 13.1. The quantitative estimate of drug-likeness (QED) is 0.533. The van der Waals surface area contributed by atoms with Gasteiger partial charge in [0.05, 0.1) is 0 Å². The normalized spacial score (nSPS) is 36.1. The first kappa shape index (κ1) is 18.2. The molecule has 4 bridgehead atoms. The fourth-order valence-electron chi connectivity index (χ4n) is 7.93. The summed E-state index contributed by atoms with van der Waals surface area (Å²) in [5, 5.41) is 20.2. The highest BCUT2D eigenvalue weighted by atomic mass is 16.5. The molecule has 1 aromatic carbocycles. The number of nitrogens with zero attached hydrogens (tertiary/aromatic N) is 3. The predicted molar refractivity (Wildman–Crippen MR) is 108 cm³/mol. The molecule has 7 rings (SSSR count). The van der Waals surface area contributed by atoms with Crippen molar-refractivity contribution < 1.29 is 14.5 Å². The van der Waals surface area contributed by atoms with E-state index in [-0.39, 0.29) is 35.2 Å². The first-order chi connectivity index (χ1) is 14.2. The van der Waals surface area contributed by atoms with E-state index in [9.17, 15) is 14.8 Å². The van der Waals surface area contributed by atoms with Crippen molar-refractivity contribution in [3.8, 4) is 0 Å². The molecule has 0 saturated heterocycles. The van der Waals surface area contributed by atoms with Crippen LogP contribution in [0.5, 0.6) is 0 Å². The van der Waals surface area contributed by atoms with Crippen LogP contribution in [-0.2, 0) is 6.67 Å². The molecule has 1 heterocycles. The van der Waals surface area contributed by atoms with Gasteiger partial charge in [0.1, 0.15) is 6.67 Å². The third-order valence-electron chi connectivity index (χ3n) is 7.95. The van der Waals surface area contributed by atoms with E-state index in [0.717, 1.165) is 25.2 Å². The zero-order chi connectivity index (χ0) is 20.9. The number of rotatable bonds is 3. The van der Waals surface area contributed by atoms with Crippen molar-refractivity contribution >= 4 is 11.6 Å². The Bertz CT molecular complexity index is 1100. The molecule has 5 aliphatic carbocycles. The number of nitrogens with one attached hydrogen (secondary N) is 1. The molecule has 7 heteroatoms. The maximum Gasteiger partial charge on any atom is 0.220 e. The predicted octanol–water partition coefficient (Wildman–Crippen LogP) is 2.59. The number of carbonyl (C=O) groups is 2. The van der Waals surface area contributed by atoms with E-state index in [2.05, 4.69) is 24.3 Å². The second-order valence-corrected chi connectivity index (χ2v) is 10.9. The second kappa shape index (κ2) is 5.58. The molecule has 156 valence electrons. The number of carbonyl (C=O) groups excluding carboxylic acids is 2. The van der Waals surface area contributed by atoms with E-state index >= 15 is 0 Å². The number of hydrogen-bond donors (Lipinski definition) is 1. The Labute approximate surface area is 175 Å². The smallest absolute Gasteiger partial charge is 0.220 e. The Morgan fingerprint density at radius 1 is 1.07 bits per heavy atom. The van der Waals surface area contributed by atoms with Gasteiger partial charge < -0.3 is 5.21 Å². The van der Waals surface area contributed by atoms with Crippen molar-refractivity contribution in [1.29, 1.82) is 0 Å². The lowest BCUT2D eigenvalue weighted by molar-refractivity contribution is -0.750. The number of benzene rings is 1. The van der Waals surface area contributed by atoms with Crippen LogP contribution >= 0.6 is 0 Å². The fourth-order valence-corrected chi connectivity index (χ4v) is 7.93. The van der Waals surface area contributed by atoms with Gasteiger partial charge in [-0.25, -0.2) is 0 Å². The molecule has 1 N–H and O–H groups in total. The van der Waals surface area contributed by atoms with E-state index < -0.39 is 0 Å². The third kappa shape index (κ3) is 2.41. The van der Waals surface area contributed by atoms with Crippen LogP contribution < -0.4 is 10.3 Å². The van der Waals surface area contributed by atoms with Gasteiger partial charge in [0.2, 0.25) is 17.3 Å². The largest absolute Gasteiger partial charge is 0.571 e. The van der Waals surface area contributed by atoms with Crippen LogP contribution in [0.3, 0.4) is 0 Å². The molecule has 1 aromatic heterocycles. The van der Waals surface area contributed by atoms with E-state index in [0.29, 0.717) is 26.9 Å². The van der Waals surface area contributed by atoms with E-state index in [1.807, 2.05) is 0 Å². The molecule has 0 amide bonds. The van der Waals surface area contributed by atoms with Crippen LogP contribution in [-0.4, -0.2) is 26.9 Å². The zero-order valence-corrected chi connectivity index (χ0v) is 17.4. The first-order valence-corrected chi connectivity index (χ1v) is 10.8. The lowest BCUT2D eigenvalue weighted by atomic mass is 9.43. The van der Waals surface area contributed by atoms with Gasteiger partial charge in [0.25, 0.3) is 0 Å². The monoisotopic (exact) mass is 406 g/mol. The number of hydrogen-bond acceptors (Lipinski definition) is 5. The highest BCUT2D eigenvalue weighted by molar-refractivity contribution is 6.26. The molecular formula is C23H26N4O3. The summed E-state index contributed by atoms with van der Waals surface area (Å²) in [6.45, 7) is 4.99. The standard InChI is InChI=1S/C23H26N4O3/c1-21-7-14-8-22(2,10-21)12-23(9-14,11-21)24-13-26-18-17(25-27(26)30)19(28)15-5-3-4-6-16(15)20(18)29/h3-6,14,24H,7-13H2,1-2H3. The molecule has 4 saturated carbocycles. The van der Waals surface area contributed by atoms with Crippen LogP contribution in [0.25, 0.3) is 0 Å². The molecular weight excluding hydrogens is 380 g/mol. The van der Waals surface area contributed by atoms with E-state index in [1.54, 1.807) is 24.3 Å². The lowest BCUT2D eigenvalue weighted by Gasteiger charge is -2.65. The number of aromatic nitrogens is 3. The minimum absolute atomic E-state index is 0.0211. The van der Waals surface area contributed by atoms with Crippen molar-refractivity contribution in [3.05, 3.63) is 52.0 Å². The average Bonchev–Trinajstić information content (AvgIpc) is 2.98. The Morgan fingerprint density at radius 3 is 2.33 bits per heavy atom. The summed E-state index contributed by atoms with van der Waals surface area (Å²) in [4.78, 5) is 26.4. The summed E-state index contributed by atoms with van der Waals surface area (Å²) in [5.74, 6) is 0.0434. The van der Waals surface area contributed by atoms with Crippen LogP contribution in [0.15, 0.2) is 24.3 Å². The Kier molecular flexibility index (Phi) is 3.39. The maximum atomic E-state index is 13.1. The van der Waals surface area contributed by atoms with Gasteiger partial charge in [0.15, 0.2) is 5.69 Å². The van der Waals surface area contributed by atoms with Gasteiger partial charge >= 0.3 is 0 Å². The molecule has 2 aromatic rings. The molecule has 0 aliphatic heterocycles. The van der Waals surface area contributed by atoms with Crippen LogP contribution in [0.4, 0.5) is 0 Å². The van der Waals surface area contributed by atoms with Gasteiger partial charge in [-0.15, -0.1) is 0 Å². The number of ketones is 2. The summed E-state index contributed by atoms with van der Waals surface area (Å²) in [5.41, 5.74) is 1.37. The first-order valence-electron chi connectivity index (χ1n) is 10.8. The molecule has 0 spiro atoms. The van der Waals surface area contributed by atoms with Crippen molar-refractivity contribution in [2.45, 2.75) is 64.6 Å². The summed E-state index contributed by atoms with van der Waals surface area (Å²) in [6, 6.07) is 6.70. The minimum atomic E-state index is -0.363. The average molecular weight is 406 g/mol. The highest BCUT2D eigenvalue weighted by Crippen LogP contribution is 2.66. The van der Waals surface area contributed by atoms with Gasteiger partial charge in [-0.3, -0.25) is 14.9 Å². The third-order valence-corrected chi connectivity index (χ3v) is 7.95. The summed E-state index contributed by atoms with van der Waals surface area (Å²) >= 11 is 0. The fraction of sp³-hybridized carbons (Fsp3) is 0.565. The van der Waals surface area contributed by atoms with Gasteiger partial charge in [-0.05, 0) is 55.3 Å². The zero-order valence-electron chi connectivity index (χ0n) is 17.4. The molecule has 5 aliphatic rings. The van der Waals surface area contributed by atoms with Crippen LogP contribution in [0, 0.1) is 22.0 Å². The SMILES string of the molecule is CC12CC3CC(C)(C1)CC(NCn1c4c(n[n+]1[O-])C(=O)c1ccccc1C4=O)(C3)C2. The van der Waals surface area contributed by atoms with Crippen molar-refractivity contribution in [2.24, 2.45) is 16.7 Å². The Balaban J connectivity index is 1.34. The van der Waals surface area contributed by atoms with E-state index in [4.69, 9.17) is 0 Å². The van der Waals surface area contributed by atoms with Crippen LogP contribution in [0.1, 0.15) is 84.5 Å². The Hall–Kier alpha value is -2.54. The number of fused-ring (bicyclic) bond motifs is 2. The van der Waals surface area contributed by atoms with Gasteiger partial charge in [-0.1, -0.05) is 42.8 Å². The van der Waals surface area contributed by atoms with Crippen molar-refractivity contribution in [2.75, 3.05) is 0 Å². The van der Waals surface area contributed by atoms with Gasteiger partial charge in [-0.2, -0.15) is 0 Å². The minimum Gasteiger partial charge on any atom is -0.571 e. The van der Waals surface area contributed by atoms with Gasteiger partial charge in [0, 0.05) is 26.7 Å². The van der Waals surface area contributed by atoms with Crippen LogP contribution in [0.2, 0.25) is 0 Å². The molecule has 7 nitrogen and oxygen atoms in total. The van der Waals surface area contributed by atoms with Crippen molar-refractivity contribution in [3.63, 3.8) is 0 Å². The molecule has 0 radical (unpaired) electrons. The summed E-state index contributed by atoms with van der Waals surface area (Å²) in [6.07, 6.45) is 7.15. The Morgan fingerprint density at radius 2 is 1.70 bits per heavy atom. The van der Waals surface area contributed by atoms with E-state index in [1.165, 1.54) is 23.9 Å². The summed E-state index contributed by atoms with van der Waals surface area (Å²) < 4.78 is 1.30. The molecule has 30 heavy (non-hydrogen) atoms. The van der Waals surface area contributed by atoms with Crippen molar-refractivity contribution in [1.82, 2.24) is 15.1 Å². The lowest BCUT2D eigenvalue weighted by Crippen LogP contribution is -2.64. The molecule has 2 atom stereocenters. The highest BCUT2D eigenvalue weighted by Gasteiger charge is 2.60. The molecule has 2 unspecified atom stereocenters. The topological polar surface area (TPSA) is 90.9 Å². The molecule has 4 fully saturated rings.